The van der Waals surface area contributed by atoms with E-state index in [1.54, 1.807) is 0 Å². The van der Waals surface area contributed by atoms with Gasteiger partial charge in [-0.3, -0.25) is 4.79 Å². The molecule has 1 aliphatic rings. The summed E-state index contributed by atoms with van der Waals surface area (Å²) in [5.74, 6) is 4.33. The topological polar surface area (TPSA) is 83.6 Å². The Bertz CT molecular complexity index is 247. The normalized spacial score (nSPS) is 19.1. The molecule has 1 rings (SSSR count). The Morgan fingerprint density at radius 1 is 1.50 bits per heavy atom. The maximum atomic E-state index is 11.3. The molecule has 1 aliphatic carbocycles. The lowest BCUT2D eigenvalue weighted by molar-refractivity contribution is -0.116. The molecule has 0 saturated heterocycles. The summed E-state index contributed by atoms with van der Waals surface area (Å²) in [6, 6.07) is 0. The van der Waals surface area contributed by atoms with Crippen molar-refractivity contribution < 1.29 is 4.79 Å². The lowest BCUT2D eigenvalue weighted by Gasteiger charge is -1.97. The van der Waals surface area contributed by atoms with Crippen molar-refractivity contribution in [1.29, 1.82) is 5.39 Å². The van der Waals surface area contributed by atoms with Gasteiger partial charge in [0.2, 0.25) is 0 Å². The second-order valence-electron chi connectivity index (χ2n) is 2.90. The van der Waals surface area contributed by atoms with Gasteiger partial charge in [-0.2, -0.15) is 0 Å². The number of nitrogens with zero attached hydrogens (tertiary/aromatic N) is 3. The Kier molecular flexibility index (Phi) is 2.75. The van der Waals surface area contributed by atoms with Gasteiger partial charge in [-0.15, -0.1) is 0 Å². The summed E-state index contributed by atoms with van der Waals surface area (Å²) in [4.78, 5) is 14.1. The molecule has 5 nitrogen and oxygen atoms in total. The number of amidine groups is 1. The van der Waals surface area contributed by atoms with Crippen molar-refractivity contribution in [3.05, 3.63) is 4.98 Å². The second-order valence-corrected chi connectivity index (χ2v) is 2.90. The molecule has 1 saturated carbocycles. The summed E-state index contributed by atoms with van der Waals surface area (Å²) in [6.45, 7) is 0. The predicted octanol–water partition coefficient (Wildman–Crippen LogP) is 0.871. The summed E-state index contributed by atoms with van der Waals surface area (Å²) < 4.78 is 0. The van der Waals surface area contributed by atoms with Crippen LogP contribution in [-0.4, -0.2) is 11.6 Å². The van der Waals surface area contributed by atoms with E-state index in [-0.39, 0.29) is 17.5 Å². The van der Waals surface area contributed by atoms with Crippen LogP contribution >= 0.6 is 0 Å². The van der Waals surface area contributed by atoms with E-state index in [1.807, 2.05) is 0 Å². The fraction of sp³-hybridized carbons (Fsp3) is 0.714. The zero-order valence-electron chi connectivity index (χ0n) is 6.73. The molecule has 0 aliphatic heterocycles. The van der Waals surface area contributed by atoms with Gasteiger partial charge < -0.3 is 0 Å². The first-order valence-corrected chi connectivity index (χ1v) is 3.96. The number of nitrogens with two attached hydrogens (primary N) is 1. The van der Waals surface area contributed by atoms with Crippen molar-refractivity contribution in [3.8, 4) is 0 Å². The zero-order valence-corrected chi connectivity index (χ0v) is 6.73. The van der Waals surface area contributed by atoms with E-state index in [0.717, 1.165) is 25.7 Å². The van der Waals surface area contributed by atoms with Crippen molar-refractivity contribution in [2.75, 3.05) is 0 Å². The molecule has 0 unspecified atom stereocenters. The summed E-state index contributed by atoms with van der Waals surface area (Å²) in [5, 5.41) is 11.5. The molecule has 0 radical (unpaired) electrons. The number of rotatable bonds is 2. The first-order chi connectivity index (χ1) is 5.79. The molecule has 0 heterocycles. The van der Waals surface area contributed by atoms with E-state index in [2.05, 4.69) is 10.1 Å². The predicted molar refractivity (Wildman–Crippen MR) is 43.7 cm³/mol. The number of hydrogen-bond acceptors (Lipinski definition) is 4. The molecule has 0 aromatic heterocycles. The SMILES string of the molecule is N#[N+]C(=NN)C(=O)C1CCCC1. The molecule has 0 spiro atoms. The average molecular weight is 167 g/mol. The molecule has 64 valence electrons. The van der Waals surface area contributed by atoms with Crippen LogP contribution in [0.5, 0.6) is 0 Å². The average Bonchev–Trinajstić information content (AvgIpc) is 2.58. The van der Waals surface area contributed by atoms with Crippen molar-refractivity contribution in [2.45, 2.75) is 25.7 Å². The van der Waals surface area contributed by atoms with E-state index in [4.69, 9.17) is 11.2 Å². The number of ketones is 1. The smallest absolute Gasteiger partial charge is 0.283 e. The quantitative estimate of drug-likeness (QED) is 0.218. The van der Waals surface area contributed by atoms with Crippen LogP contribution < -0.4 is 5.84 Å². The monoisotopic (exact) mass is 167 g/mol. The number of carbonyl (C=O) groups excluding carboxylic acids is 1. The van der Waals surface area contributed by atoms with E-state index in [0.29, 0.717) is 0 Å². The number of carbonyl (C=O) groups is 1. The largest absolute Gasteiger partial charge is 0.528 e. The van der Waals surface area contributed by atoms with E-state index in [9.17, 15) is 4.79 Å². The first-order valence-electron chi connectivity index (χ1n) is 3.96. The van der Waals surface area contributed by atoms with Gasteiger partial charge in [0.15, 0.2) is 0 Å². The van der Waals surface area contributed by atoms with Crippen LogP contribution in [0.2, 0.25) is 0 Å². The van der Waals surface area contributed by atoms with Gasteiger partial charge in [0.25, 0.3) is 5.78 Å². The number of diazo groups is 1. The Labute approximate surface area is 70.3 Å². The fourth-order valence-electron chi connectivity index (χ4n) is 1.51. The maximum Gasteiger partial charge on any atom is 0.528 e. The van der Waals surface area contributed by atoms with Gasteiger partial charge in [0.1, 0.15) is 0 Å². The molecule has 0 bridgehead atoms. The Balaban J connectivity index is 2.64. The molecule has 2 N–H and O–H groups in total. The Morgan fingerprint density at radius 3 is 2.50 bits per heavy atom. The first kappa shape index (κ1) is 8.65. The van der Waals surface area contributed by atoms with Crippen LogP contribution in [-0.2, 0) is 4.79 Å². The standard InChI is InChI=1S/C7H10N4O/c8-10-7(11-9)6(12)5-3-1-2-4-5/h5H,1-4H2,(H-,8,12)/p+1. The Hall–Kier alpha value is -1.44. The second kappa shape index (κ2) is 3.81. The summed E-state index contributed by atoms with van der Waals surface area (Å²) >= 11 is 0. The minimum atomic E-state index is -0.262. The van der Waals surface area contributed by atoms with Gasteiger partial charge in [-0.05, 0) is 12.8 Å². The maximum absolute atomic E-state index is 11.3. The Morgan fingerprint density at radius 2 is 2.08 bits per heavy atom. The van der Waals surface area contributed by atoms with Crippen LogP contribution in [0.4, 0.5) is 0 Å². The van der Waals surface area contributed by atoms with Gasteiger partial charge in [0, 0.05) is 10.9 Å². The van der Waals surface area contributed by atoms with Gasteiger partial charge in [0.05, 0.1) is 10.5 Å². The van der Waals surface area contributed by atoms with E-state index in [1.165, 1.54) is 0 Å². The van der Waals surface area contributed by atoms with Crippen molar-refractivity contribution in [2.24, 2.45) is 16.9 Å². The molecule has 1 fully saturated rings. The lowest BCUT2D eigenvalue weighted by Crippen LogP contribution is -2.20. The summed E-state index contributed by atoms with van der Waals surface area (Å²) in [6.07, 6.45) is 3.82. The van der Waals surface area contributed by atoms with Crippen LogP contribution in [0.15, 0.2) is 5.10 Å². The van der Waals surface area contributed by atoms with E-state index >= 15 is 0 Å². The molecule has 0 amide bonds. The summed E-state index contributed by atoms with van der Waals surface area (Å²) in [7, 11) is 0. The minimum absolute atomic E-state index is 0.0387. The van der Waals surface area contributed by atoms with Crippen LogP contribution in [0.25, 0.3) is 4.98 Å². The molecule has 0 atom stereocenters. The molecular formula is C7H11N4O+. The molecule has 12 heavy (non-hydrogen) atoms. The van der Waals surface area contributed by atoms with Gasteiger partial charge >= 0.3 is 5.84 Å². The van der Waals surface area contributed by atoms with Gasteiger partial charge in [-0.1, -0.05) is 12.8 Å². The van der Waals surface area contributed by atoms with Crippen molar-refractivity contribution in [3.63, 3.8) is 0 Å². The molecule has 0 aromatic rings. The van der Waals surface area contributed by atoms with Crippen LogP contribution in [0.1, 0.15) is 25.7 Å². The number of hydrogen-bond donors (Lipinski definition) is 1. The highest BCUT2D eigenvalue weighted by Gasteiger charge is 2.33. The lowest BCUT2D eigenvalue weighted by atomic mass is 10.0. The fourth-order valence-corrected chi connectivity index (χ4v) is 1.51. The zero-order chi connectivity index (χ0) is 8.97. The van der Waals surface area contributed by atoms with E-state index < -0.39 is 0 Å². The molecule has 5 heteroatoms. The highest BCUT2D eigenvalue weighted by Crippen LogP contribution is 2.25. The van der Waals surface area contributed by atoms with Crippen LogP contribution in [0.3, 0.4) is 0 Å². The summed E-state index contributed by atoms with van der Waals surface area (Å²) in [5.41, 5.74) is 0. The van der Waals surface area contributed by atoms with Crippen molar-refractivity contribution in [1.82, 2.24) is 0 Å². The van der Waals surface area contributed by atoms with Crippen molar-refractivity contribution >= 4 is 11.6 Å². The minimum Gasteiger partial charge on any atom is -0.283 e. The van der Waals surface area contributed by atoms with Gasteiger partial charge in [-0.25, -0.2) is 5.84 Å². The highest BCUT2D eigenvalue weighted by atomic mass is 16.1. The third kappa shape index (κ3) is 1.59. The molecule has 0 aromatic carbocycles. The highest BCUT2D eigenvalue weighted by molar-refractivity contribution is 6.43. The molecular weight excluding hydrogens is 156 g/mol. The third-order valence-corrected chi connectivity index (χ3v) is 2.16. The van der Waals surface area contributed by atoms with Crippen LogP contribution in [0, 0.1) is 11.3 Å². The number of hydrazone groups is 1. The number of Topliss-reactive ketones (excluding diaryl/α,β-unsaturated/α-hetero) is 1. The third-order valence-electron chi connectivity index (χ3n) is 2.16.